The smallest absolute Gasteiger partial charge is 0.399 e. The first-order valence-corrected chi connectivity index (χ1v) is 10.4. The van der Waals surface area contributed by atoms with Gasteiger partial charge in [0.15, 0.2) is 0 Å². The molecule has 0 N–H and O–H groups in total. The zero-order valence-electron chi connectivity index (χ0n) is 15.8. The number of halogens is 1. The lowest BCUT2D eigenvalue weighted by Gasteiger charge is -2.32. The molecule has 5 rings (SSSR count). The molecule has 2 heterocycles. The van der Waals surface area contributed by atoms with Crippen LogP contribution >= 0.6 is 22.9 Å². The zero-order chi connectivity index (χ0) is 19.0. The highest BCUT2D eigenvalue weighted by atomic mass is 35.5. The average molecular weight is 395 g/mol. The van der Waals surface area contributed by atoms with E-state index in [0.717, 1.165) is 20.6 Å². The molecule has 1 aliphatic rings. The maximum atomic E-state index is 6.64. The summed E-state index contributed by atoms with van der Waals surface area (Å²) in [6, 6.07) is 16.9. The van der Waals surface area contributed by atoms with Crippen molar-refractivity contribution in [3.05, 3.63) is 53.6 Å². The summed E-state index contributed by atoms with van der Waals surface area (Å²) >= 11 is 8.40. The normalized spacial score (nSPS) is 18.8. The van der Waals surface area contributed by atoms with E-state index in [1.807, 2.05) is 12.1 Å². The van der Waals surface area contributed by atoms with Gasteiger partial charge >= 0.3 is 7.12 Å². The van der Waals surface area contributed by atoms with E-state index >= 15 is 0 Å². The molecule has 1 saturated heterocycles. The van der Waals surface area contributed by atoms with Crippen molar-refractivity contribution in [3.8, 4) is 0 Å². The van der Waals surface area contributed by atoms with Crippen molar-refractivity contribution in [1.82, 2.24) is 0 Å². The number of fused-ring (bicyclic) bond motifs is 4. The predicted molar refractivity (Wildman–Crippen MR) is 118 cm³/mol. The van der Waals surface area contributed by atoms with Gasteiger partial charge in [0.25, 0.3) is 0 Å². The van der Waals surface area contributed by atoms with Crippen LogP contribution in [0.3, 0.4) is 0 Å². The summed E-state index contributed by atoms with van der Waals surface area (Å²) in [5.74, 6) is 0. The third-order valence-corrected chi connectivity index (χ3v) is 7.49. The molecule has 0 aliphatic carbocycles. The molecule has 0 radical (unpaired) electrons. The third-order valence-electron chi connectivity index (χ3n) is 5.97. The molecule has 3 aromatic carbocycles. The van der Waals surface area contributed by atoms with Gasteiger partial charge in [-0.3, -0.25) is 0 Å². The molecule has 0 amide bonds. The van der Waals surface area contributed by atoms with Gasteiger partial charge in [-0.25, -0.2) is 0 Å². The van der Waals surface area contributed by atoms with Crippen LogP contribution in [0.2, 0.25) is 5.02 Å². The van der Waals surface area contributed by atoms with Crippen LogP contribution in [0, 0.1) is 0 Å². The molecule has 27 heavy (non-hydrogen) atoms. The lowest BCUT2D eigenvalue weighted by Crippen LogP contribution is -2.41. The number of hydrogen-bond acceptors (Lipinski definition) is 3. The number of thiophene rings is 1. The van der Waals surface area contributed by atoms with E-state index in [1.165, 1.54) is 20.9 Å². The Morgan fingerprint density at radius 1 is 0.889 bits per heavy atom. The molecule has 136 valence electrons. The fourth-order valence-corrected chi connectivity index (χ4v) is 5.30. The molecule has 0 saturated carbocycles. The van der Waals surface area contributed by atoms with Gasteiger partial charge in [-0.15, -0.1) is 11.3 Å². The summed E-state index contributed by atoms with van der Waals surface area (Å²) in [5.41, 5.74) is 0.322. The minimum absolute atomic E-state index is 0.366. The lowest BCUT2D eigenvalue weighted by atomic mass is 9.78. The molecule has 1 aliphatic heterocycles. The van der Waals surface area contributed by atoms with Gasteiger partial charge in [-0.05, 0) is 56.7 Å². The minimum atomic E-state index is -0.391. The number of hydrogen-bond donors (Lipinski definition) is 0. The predicted octanol–water partition coefficient (Wildman–Crippen LogP) is 6.16. The molecule has 0 unspecified atom stereocenters. The second kappa shape index (κ2) is 5.71. The first kappa shape index (κ1) is 17.5. The molecule has 1 fully saturated rings. The van der Waals surface area contributed by atoms with Gasteiger partial charge < -0.3 is 9.31 Å². The molecule has 4 aromatic rings. The molecular formula is C22H20BClO2S. The first-order chi connectivity index (χ1) is 12.8. The molecule has 5 heteroatoms. The van der Waals surface area contributed by atoms with Gasteiger partial charge in [-0.1, -0.05) is 41.9 Å². The highest BCUT2D eigenvalue weighted by molar-refractivity contribution is 7.27. The highest BCUT2D eigenvalue weighted by Gasteiger charge is 2.52. The average Bonchev–Trinajstić information content (AvgIpc) is 3.07. The molecule has 1 aromatic heterocycles. The topological polar surface area (TPSA) is 18.5 Å². The largest absolute Gasteiger partial charge is 0.496 e. The molecule has 0 spiro atoms. The number of benzene rings is 3. The summed E-state index contributed by atoms with van der Waals surface area (Å²) < 4.78 is 15.0. The van der Waals surface area contributed by atoms with E-state index < -0.39 is 7.12 Å². The van der Waals surface area contributed by atoms with E-state index in [4.69, 9.17) is 20.9 Å². The molecule has 2 nitrogen and oxygen atoms in total. The van der Waals surface area contributed by atoms with Crippen LogP contribution < -0.4 is 5.46 Å². The zero-order valence-corrected chi connectivity index (χ0v) is 17.4. The van der Waals surface area contributed by atoms with Crippen LogP contribution in [0.4, 0.5) is 0 Å². The fourth-order valence-electron chi connectivity index (χ4n) is 3.70. The van der Waals surface area contributed by atoms with E-state index in [1.54, 1.807) is 11.3 Å². The molecule has 0 atom stereocenters. The summed E-state index contributed by atoms with van der Waals surface area (Å²) in [7, 11) is -0.391. The van der Waals surface area contributed by atoms with Crippen molar-refractivity contribution < 1.29 is 9.31 Å². The van der Waals surface area contributed by atoms with E-state index in [-0.39, 0.29) is 11.2 Å². The van der Waals surface area contributed by atoms with Crippen molar-refractivity contribution in [1.29, 1.82) is 0 Å². The van der Waals surface area contributed by atoms with E-state index in [2.05, 4.69) is 64.1 Å². The van der Waals surface area contributed by atoms with Crippen LogP contribution in [0.15, 0.2) is 48.5 Å². The van der Waals surface area contributed by atoms with Crippen molar-refractivity contribution in [2.24, 2.45) is 0 Å². The van der Waals surface area contributed by atoms with Gasteiger partial charge in [0.05, 0.1) is 11.2 Å². The maximum Gasteiger partial charge on any atom is 0.496 e. The summed E-state index contributed by atoms with van der Waals surface area (Å²) in [6.07, 6.45) is 0. The monoisotopic (exact) mass is 394 g/mol. The van der Waals surface area contributed by atoms with Crippen LogP contribution in [-0.2, 0) is 9.31 Å². The van der Waals surface area contributed by atoms with Crippen LogP contribution in [0.1, 0.15) is 27.7 Å². The Balaban J connectivity index is 1.78. The van der Waals surface area contributed by atoms with E-state index in [0.29, 0.717) is 0 Å². The van der Waals surface area contributed by atoms with E-state index in [9.17, 15) is 0 Å². The SMILES string of the molecule is CC1(C)OB(c2ccc(Cl)c3c2sc2cc4ccccc4cc23)OC1(C)C. The maximum absolute atomic E-state index is 6.64. The Kier molecular flexibility index (Phi) is 3.70. The minimum Gasteiger partial charge on any atom is -0.399 e. The van der Waals surface area contributed by atoms with Gasteiger partial charge in [0, 0.05) is 30.7 Å². The fraction of sp³-hybridized carbons (Fsp3) is 0.273. The van der Waals surface area contributed by atoms with Gasteiger partial charge in [0.1, 0.15) is 0 Å². The Morgan fingerprint density at radius 2 is 1.52 bits per heavy atom. The quantitative estimate of drug-likeness (QED) is 0.360. The lowest BCUT2D eigenvalue weighted by molar-refractivity contribution is 0.00578. The van der Waals surface area contributed by atoms with Crippen LogP contribution in [0.25, 0.3) is 30.9 Å². The Hall–Kier alpha value is -1.59. The summed E-state index contributed by atoms with van der Waals surface area (Å²) in [4.78, 5) is 0. The Bertz CT molecular complexity index is 1200. The third kappa shape index (κ3) is 2.55. The molecular weight excluding hydrogens is 375 g/mol. The second-order valence-corrected chi connectivity index (χ2v) is 9.69. The summed E-state index contributed by atoms with van der Waals surface area (Å²) in [5, 5.41) is 5.52. The standard InChI is InChI=1S/C22H20BClO2S/c1-21(2)22(3,4)26-23(25-21)16-9-10-17(24)19-15-11-13-7-5-6-8-14(13)12-18(15)27-20(16)19/h5-12H,1-4H3. The van der Waals surface area contributed by atoms with Crippen molar-refractivity contribution in [2.75, 3.05) is 0 Å². The first-order valence-electron chi connectivity index (χ1n) is 9.16. The second-order valence-electron chi connectivity index (χ2n) is 8.23. The van der Waals surface area contributed by atoms with Gasteiger partial charge in [0.2, 0.25) is 0 Å². The molecule has 0 bridgehead atoms. The van der Waals surface area contributed by atoms with Crippen molar-refractivity contribution in [2.45, 2.75) is 38.9 Å². The summed E-state index contributed by atoms with van der Waals surface area (Å²) in [6.45, 7) is 8.32. The highest BCUT2D eigenvalue weighted by Crippen LogP contribution is 2.42. The Labute approximate surface area is 168 Å². The van der Waals surface area contributed by atoms with Crippen molar-refractivity contribution >= 4 is 66.5 Å². The van der Waals surface area contributed by atoms with Crippen LogP contribution in [-0.4, -0.2) is 18.3 Å². The Morgan fingerprint density at radius 3 is 2.19 bits per heavy atom. The number of rotatable bonds is 1. The van der Waals surface area contributed by atoms with Gasteiger partial charge in [-0.2, -0.15) is 0 Å². The van der Waals surface area contributed by atoms with Crippen LogP contribution in [0.5, 0.6) is 0 Å². The van der Waals surface area contributed by atoms with Crippen molar-refractivity contribution in [3.63, 3.8) is 0 Å².